The molecule has 0 atom stereocenters. The monoisotopic (exact) mass is 454 g/mol. The summed E-state index contributed by atoms with van der Waals surface area (Å²) >= 11 is 13.8. The fourth-order valence-corrected chi connectivity index (χ4v) is 4.02. The smallest absolute Gasteiger partial charge is 0.234 e. The largest absolute Gasteiger partial charge is 0.324 e. The highest BCUT2D eigenvalue weighted by molar-refractivity contribution is 7.99. The average molecular weight is 455 g/mol. The normalized spacial score (nSPS) is 10.7. The van der Waals surface area contributed by atoms with Gasteiger partial charge in [-0.15, -0.1) is 10.2 Å². The number of amides is 1. The van der Waals surface area contributed by atoms with Crippen LogP contribution in [0.3, 0.4) is 0 Å². The van der Waals surface area contributed by atoms with Crippen LogP contribution in [0.25, 0.3) is 17.1 Å². The van der Waals surface area contributed by atoms with Crippen molar-refractivity contribution in [3.05, 3.63) is 88.9 Å². The Morgan fingerprint density at radius 2 is 1.53 bits per heavy atom. The van der Waals surface area contributed by atoms with Gasteiger partial charge in [-0.25, -0.2) is 0 Å². The van der Waals surface area contributed by atoms with Crippen molar-refractivity contribution in [2.24, 2.45) is 0 Å². The number of anilines is 1. The molecule has 0 aliphatic rings. The number of hydrogen-bond acceptors (Lipinski definition) is 4. The van der Waals surface area contributed by atoms with E-state index < -0.39 is 0 Å². The number of benzene rings is 3. The first kappa shape index (κ1) is 20.5. The van der Waals surface area contributed by atoms with Gasteiger partial charge in [0.2, 0.25) is 5.91 Å². The molecule has 0 fully saturated rings. The van der Waals surface area contributed by atoms with Crippen LogP contribution >= 0.6 is 35.0 Å². The molecule has 0 bridgehead atoms. The van der Waals surface area contributed by atoms with E-state index in [4.69, 9.17) is 23.2 Å². The fourth-order valence-electron chi connectivity index (χ4n) is 2.87. The highest BCUT2D eigenvalue weighted by Crippen LogP contribution is 2.32. The standard InChI is InChI=1S/C22H16Cl2N4OS/c23-17-11-5-4-10-16(17)21-26-27-22(28(21)15-8-2-1-3-9-15)30-14-20(29)25-19-13-7-6-12-18(19)24/h1-13H,14H2,(H,25,29). The third kappa shape index (κ3) is 4.51. The highest BCUT2D eigenvalue weighted by atomic mass is 35.5. The van der Waals surface area contributed by atoms with E-state index in [1.165, 1.54) is 11.8 Å². The molecule has 0 saturated carbocycles. The highest BCUT2D eigenvalue weighted by Gasteiger charge is 2.19. The lowest BCUT2D eigenvalue weighted by atomic mass is 10.2. The Morgan fingerprint density at radius 1 is 0.867 bits per heavy atom. The zero-order chi connectivity index (χ0) is 20.9. The van der Waals surface area contributed by atoms with Gasteiger partial charge in [-0.1, -0.05) is 77.4 Å². The molecule has 4 rings (SSSR count). The second-order valence-corrected chi connectivity index (χ2v) is 8.03. The molecule has 0 unspecified atom stereocenters. The number of thioether (sulfide) groups is 1. The first-order chi connectivity index (χ1) is 14.6. The van der Waals surface area contributed by atoms with Crippen LogP contribution in [0, 0.1) is 0 Å². The van der Waals surface area contributed by atoms with Crippen LogP contribution < -0.4 is 5.32 Å². The molecule has 0 saturated heterocycles. The Morgan fingerprint density at radius 3 is 2.27 bits per heavy atom. The second kappa shape index (κ2) is 9.34. The molecule has 0 radical (unpaired) electrons. The third-order valence-electron chi connectivity index (χ3n) is 4.24. The SMILES string of the molecule is O=C(CSc1nnc(-c2ccccc2Cl)n1-c1ccccc1)Nc1ccccc1Cl. The second-order valence-electron chi connectivity index (χ2n) is 6.27. The maximum Gasteiger partial charge on any atom is 0.234 e. The Hall–Kier alpha value is -2.80. The van der Waals surface area contributed by atoms with Crippen molar-refractivity contribution >= 4 is 46.6 Å². The fraction of sp³-hybridized carbons (Fsp3) is 0.0455. The minimum Gasteiger partial charge on any atom is -0.324 e. The number of nitrogens with one attached hydrogen (secondary N) is 1. The molecular weight excluding hydrogens is 439 g/mol. The number of rotatable bonds is 6. The van der Waals surface area contributed by atoms with Gasteiger partial charge in [-0.3, -0.25) is 9.36 Å². The molecule has 4 aromatic rings. The summed E-state index contributed by atoms with van der Waals surface area (Å²) < 4.78 is 1.90. The lowest BCUT2D eigenvalue weighted by Gasteiger charge is -2.11. The first-order valence-corrected chi connectivity index (χ1v) is 10.8. The van der Waals surface area contributed by atoms with Gasteiger partial charge in [-0.2, -0.15) is 0 Å². The summed E-state index contributed by atoms with van der Waals surface area (Å²) in [5, 5.41) is 13.1. The number of para-hydroxylation sites is 2. The van der Waals surface area contributed by atoms with Crippen LogP contribution in [0.15, 0.2) is 84.0 Å². The summed E-state index contributed by atoms with van der Waals surface area (Å²) in [5.74, 6) is 0.578. The summed E-state index contributed by atoms with van der Waals surface area (Å²) in [6.45, 7) is 0. The Labute approximate surface area is 188 Å². The van der Waals surface area contributed by atoms with Gasteiger partial charge in [0.05, 0.1) is 21.5 Å². The number of carbonyl (C=O) groups is 1. The number of carbonyl (C=O) groups excluding carboxylic acids is 1. The van der Waals surface area contributed by atoms with Crippen molar-refractivity contribution in [3.8, 4) is 17.1 Å². The molecule has 3 aromatic carbocycles. The topological polar surface area (TPSA) is 59.8 Å². The lowest BCUT2D eigenvalue weighted by Crippen LogP contribution is -2.14. The molecule has 0 spiro atoms. The van der Waals surface area contributed by atoms with Crippen molar-refractivity contribution in [1.82, 2.24) is 14.8 Å². The van der Waals surface area contributed by atoms with E-state index >= 15 is 0 Å². The maximum atomic E-state index is 12.4. The molecule has 1 N–H and O–H groups in total. The quantitative estimate of drug-likeness (QED) is 0.364. The van der Waals surface area contributed by atoms with Crippen molar-refractivity contribution in [1.29, 1.82) is 0 Å². The number of hydrogen-bond donors (Lipinski definition) is 1. The minimum atomic E-state index is -0.185. The number of nitrogens with zero attached hydrogens (tertiary/aromatic N) is 3. The number of halogens is 2. The molecular formula is C22H16Cl2N4OS. The molecule has 5 nitrogen and oxygen atoms in total. The van der Waals surface area contributed by atoms with E-state index in [-0.39, 0.29) is 11.7 Å². The summed E-state index contributed by atoms with van der Waals surface area (Å²) in [4.78, 5) is 12.4. The van der Waals surface area contributed by atoms with Crippen LogP contribution in [0.4, 0.5) is 5.69 Å². The predicted molar refractivity (Wildman–Crippen MR) is 123 cm³/mol. The van der Waals surface area contributed by atoms with Crippen LogP contribution in [0.2, 0.25) is 10.0 Å². The van der Waals surface area contributed by atoms with Crippen molar-refractivity contribution in [2.75, 3.05) is 11.1 Å². The van der Waals surface area contributed by atoms with Gasteiger partial charge in [0.25, 0.3) is 0 Å². The number of aromatic nitrogens is 3. The van der Waals surface area contributed by atoms with E-state index in [1.54, 1.807) is 12.1 Å². The van der Waals surface area contributed by atoms with Gasteiger partial charge in [0.1, 0.15) is 0 Å². The van der Waals surface area contributed by atoms with Gasteiger partial charge >= 0.3 is 0 Å². The summed E-state index contributed by atoms with van der Waals surface area (Å²) in [6, 6.07) is 24.3. The van der Waals surface area contributed by atoms with E-state index in [0.29, 0.717) is 26.7 Å². The van der Waals surface area contributed by atoms with Crippen molar-refractivity contribution in [2.45, 2.75) is 5.16 Å². The van der Waals surface area contributed by atoms with Crippen molar-refractivity contribution < 1.29 is 4.79 Å². The van der Waals surface area contributed by atoms with Crippen LogP contribution in [0.5, 0.6) is 0 Å². The van der Waals surface area contributed by atoms with E-state index in [0.717, 1.165) is 11.3 Å². The van der Waals surface area contributed by atoms with Crippen LogP contribution in [-0.2, 0) is 4.79 Å². The summed E-state index contributed by atoms with van der Waals surface area (Å²) in [6.07, 6.45) is 0. The van der Waals surface area contributed by atoms with Gasteiger partial charge in [-0.05, 0) is 36.4 Å². The Kier molecular flexibility index (Phi) is 6.38. The van der Waals surface area contributed by atoms with Crippen molar-refractivity contribution in [3.63, 3.8) is 0 Å². The maximum absolute atomic E-state index is 12.4. The first-order valence-electron chi connectivity index (χ1n) is 9.06. The summed E-state index contributed by atoms with van der Waals surface area (Å²) in [5.41, 5.74) is 2.22. The molecule has 1 aromatic heterocycles. The van der Waals surface area contributed by atoms with E-state index in [1.807, 2.05) is 71.3 Å². The third-order valence-corrected chi connectivity index (χ3v) is 5.83. The molecule has 0 aliphatic carbocycles. The molecule has 1 heterocycles. The van der Waals surface area contributed by atoms with E-state index in [9.17, 15) is 4.79 Å². The van der Waals surface area contributed by atoms with Gasteiger partial charge in [0.15, 0.2) is 11.0 Å². The average Bonchev–Trinajstić information content (AvgIpc) is 3.18. The van der Waals surface area contributed by atoms with Gasteiger partial charge in [0, 0.05) is 11.3 Å². The molecule has 30 heavy (non-hydrogen) atoms. The Bertz CT molecular complexity index is 1180. The summed E-state index contributed by atoms with van der Waals surface area (Å²) in [7, 11) is 0. The molecule has 150 valence electrons. The molecule has 0 aliphatic heterocycles. The minimum absolute atomic E-state index is 0.151. The zero-order valence-corrected chi connectivity index (χ0v) is 18.0. The van der Waals surface area contributed by atoms with Gasteiger partial charge < -0.3 is 5.32 Å². The Balaban J connectivity index is 1.61. The van der Waals surface area contributed by atoms with E-state index in [2.05, 4.69) is 15.5 Å². The van der Waals surface area contributed by atoms with Crippen LogP contribution in [0.1, 0.15) is 0 Å². The molecule has 1 amide bonds. The van der Waals surface area contributed by atoms with Crippen LogP contribution in [-0.4, -0.2) is 26.4 Å². The predicted octanol–water partition coefficient (Wildman–Crippen LogP) is 5.97. The molecule has 8 heteroatoms. The lowest BCUT2D eigenvalue weighted by molar-refractivity contribution is -0.113. The zero-order valence-electron chi connectivity index (χ0n) is 15.6.